The maximum atomic E-state index is 12.0. The molecule has 4 N–H and O–H groups in total. The molecule has 8 heteroatoms. The number of primary amides is 1. The quantitative estimate of drug-likeness (QED) is 0.795. The Morgan fingerprint density at radius 3 is 2.65 bits per heavy atom. The van der Waals surface area contributed by atoms with Crippen LogP contribution < -0.4 is 11.1 Å². The van der Waals surface area contributed by atoms with Crippen LogP contribution in [-0.4, -0.2) is 27.0 Å². The summed E-state index contributed by atoms with van der Waals surface area (Å²) in [6.45, 7) is 5.87. The Balaban J connectivity index is 2.18. The second-order valence-corrected chi connectivity index (χ2v) is 6.16. The van der Waals surface area contributed by atoms with Crippen molar-refractivity contribution in [3.63, 3.8) is 0 Å². The van der Waals surface area contributed by atoms with Gasteiger partial charge in [0.25, 0.3) is 11.8 Å². The summed E-state index contributed by atoms with van der Waals surface area (Å²) in [5.74, 6) is -0.434. The molecule has 2 amide bonds. The first-order chi connectivity index (χ1) is 9.29. The van der Waals surface area contributed by atoms with E-state index in [2.05, 4.69) is 20.5 Å². The number of hydrogen-bond acceptors (Lipinski definition) is 5. The normalized spacial score (nSPS) is 11.3. The van der Waals surface area contributed by atoms with Crippen molar-refractivity contribution in [1.82, 2.24) is 15.2 Å². The molecule has 0 unspecified atom stereocenters. The van der Waals surface area contributed by atoms with E-state index in [4.69, 9.17) is 5.73 Å². The van der Waals surface area contributed by atoms with Crippen LogP contribution in [0.3, 0.4) is 0 Å². The molecule has 0 radical (unpaired) electrons. The van der Waals surface area contributed by atoms with E-state index in [1.165, 1.54) is 11.3 Å². The van der Waals surface area contributed by atoms with Gasteiger partial charge in [0.05, 0.1) is 5.56 Å². The third-order valence-electron chi connectivity index (χ3n) is 2.56. The van der Waals surface area contributed by atoms with Crippen molar-refractivity contribution < 1.29 is 9.59 Å². The molecule has 0 bridgehead atoms. The van der Waals surface area contributed by atoms with Crippen LogP contribution in [0.2, 0.25) is 0 Å². The highest BCUT2D eigenvalue weighted by Gasteiger charge is 2.22. The molecule has 0 aromatic carbocycles. The van der Waals surface area contributed by atoms with Crippen LogP contribution in [0.5, 0.6) is 0 Å². The van der Waals surface area contributed by atoms with E-state index in [9.17, 15) is 9.59 Å². The highest BCUT2D eigenvalue weighted by atomic mass is 32.1. The number of carbonyl (C=O) groups excluding carboxylic acids is 2. The molecule has 0 saturated carbocycles. The molecule has 7 nitrogen and oxygen atoms in total. The monoisotopic (exact) mass is 293 g/mol. The van der Waals surface area contributed by atoms with Gasteiger partial charge in [-0.25, -0.2) is 4.98 Å². The lowest BCUT2D eigenvalue weighted by atomic mass is 9.96. The standard InChI is InChI=1S/C12H15N5O2S/c1-12(2,3)11-14-8(16-17-11)9(19)15-10-6(7(13)18)4-5-20-10/h4-5H,1-3H3,(H2,13,18)(H,15,19)(H,14,16,17). The number of amides is 2. The number of anilines is 1. The van der Waals surface area contributed by atoms with Gasteiger partial charge >= 0.3 is 0 Å². The summed E-state index contributed by atoms with van der Waals surface area (Å²) in [7, 11) is 0. The Hall–Kier alpha value is -2.22. The average Bonchev–Trinajstić information content (AvgIpc) is 2.95. The zero-order chi connectivity index (χ0) is 14.9. The predicted molar refractivity (Wildman–Crippen MR) is 75.9 cm³/mol. The third kappa shape index (κ3) is 2.85. The summed E-state index contributed by atoms with van der Waals surface area (Å²) in [6.07, 6.45) is 0. The van der Waals surface area contributed by atoms with E-state index in [-0.39, 0.29) is 16.8 Å². The molecule has 0 fully saturated rings. The first kappa shape index (κ1) is 14.2. The molecule has 0 aliphatic carbocycles. The Labute approximate surface area is 119 Å². The van der Waals surface area contributed by atoms with Crippen molar-refractivity contribution in [2.45, 2.75) is 26.2 Å². The fourth-order valence-electron chi connectivity index (χ4n) is 1.46. The van der Waals surface area contributed by atoms with Crippen LogP contribution in [0.4, 0.5) is 5.00 Å². The van der Waals surface area contributed by atoms with Gasteiger partial charge in [0.1, 0.15) is 10.8 Å². The number of nitrogens with one attached hydrogen (secondary N) is 2. The predicted octanol–water partition coefficient (Wildman–Crippen LogP) is 1.51. The van der Waals surface area contributed by atoms with Gasteiger partial charge in [-0.3, -0.25) is 14.7 Å². The average molecular weight is 293 g/mol. The zero-order valence-corrected chi connectivity index (χ0v) is 12.2. The molecular weight excluding hydrogens is 278 g/mol. The maximum absolute atomic E-state index is 12.0. The number of hydrogen-bond donors (Lipinski definition) is 3. The molecule has 0 spiro atoms. The van der Waals surface area contributed by atoms with Crippen molar-refractivity contribution in [2.24, 2.45) is 5.73 Å². The van der Waals surface area contributed by atoms with Gasteiger partial charge in [0.2, 0.25) is 5.82 Å². The van der Waals surface area contributed by atoms with E-state index < -0.39 is 11.8 Å². The lowest BCUT2D eigenvalue weighted by molar-refractivity contribution is 0.100. The molecule has 2 aromatic rings. The maximum Gasteiger partial charge on any atom is 0.295 e. The molecule has 2 heterocycles. The Morgan fingerprint density at radius 2 is 2.10 bits per heavy atom. The van der Waals surface area contributed by atoms with Crippen molar-refractivity contribution in [2.75, 3.05) is 5.32 Å². The molecular formula is C12H15N5O2S. The van der Waals surface area contributed by atoms with Crippen LogP contribution >= 0.6 is 11.3 Å². The fraction of sp³-hybridized carbons (Fsp3) is 0.333. The number of H-pyrrole nitrogens is 1. The number of nitrogens with zero attached hydrogens (tertiary/aromatic N) is 2. The topological polar surface area (TPSA) is 114 Å². The molecule has 20 heavy (non-hydrogen) atoms. The van der Waals surface area contributed by atoms with Gasteiger partial charge in [-0.2, -0.15) is 0 Å². The molecule has 2 rings (SSSR count). The van der Waals surface area contributed by atoms with Gasteiger partial charge in [-0.1, -0.05) is 20.8 Å². The summed E-state index contributed by atoms with van der Waals surface area (Å²) in [4.78, 5) is 27.3. The number of thiophene rings is 1. The lowest BCUT2D eigenvalue weighted by Crippen LogP contribution is -2.18. The summed E-state index contributed by atoms with van der Waals surface area (Å²) in [5, 5.41) is 11.3. The van der Waals surface area contributed by atoms with Gasteiger partial charge in [0, 0.05) is 5.41 Å². The third-order valence-corrected chi connectivity index (χ3v) is 3.39. The van der Waals surface area contributed by atoms with Crippen molar-refractivity contribution in [3.05, 3.63) is 28.7 Å². The number of rotatable bonds is 3. The highest BCUT2D eigenvalue weighted by molar-refractivity contribution is 7.14. The minimum Gasteiger partial charge on any atom is -0.366 e. The summed E-state index contributed by atoms with van der Waals surface area (Å²) in [5.41, 5.74) is 5.26. The van der Waals surface area contributed by atoms with E-state index >= 15 is 0 Å². The van der Waals surface area contributed by atoms with Crippen LogP contribution in [-0.2, 0) is 5.41 Å². The van der Waals surface area contributed by atoms with E-state index in [0.29, 0.717) is 10.8 Å². The molecule has 106 valence electrons. The Bertz CT molecular complexity index is 653. The molecule has 0 atom stereocenters. The van der Waals surface area contributed by atoms with E-state index in [1.807, 2.05) is 20.8 Å². The fourth-order valence-corrected chi connectivity index (χ4v) is 2.25. The summed E-state index contributed by atoms with van der Waals surface area (Å²) >= 11 is 1.21. The van der Waals surface area contributed by atoms with Crippen molar-refractivity contribution >= 4 is 28.2 Å². The van der Waals surface area contributed by atoms with Crippen LogP contribution in [0.25, 0.3) is 0 Å². The SMILES string of the molecule is CC(C)(C)c1nc(C(=O)Nc2sccc2C(N)=O)n[nH]1. The van der Waals surface area contributed by atoms with Crippen LogP contribution in [0.15, 0.2) is 11.4 Å². The van der Waals surface area contributed by atoms with Crippen molar-refractivity contribution in [1.29, 1.82) is 0 Å². The largest absolute Gasteiger partial charge is 0.366 e. The molecule has 0 aliphatic heterocycles. The van der Waals surface area contributed by atoms with Gasteiger partial charge in [-0.05, 0) is 11.4 Å². The highest BCUT2D eigenvalue weighted by Crippen LogP contribution is 2.23. The van der Waals surface area contributed by atoms with Crippen LogP contribution in [0, 0.1) is 0 Å². The van der Waals surface area contributed by atoms with E-state index in [0.717, 1.165) is 0 Å². The number of nitrogens with two attached hydrogens (primary N) is 1. The molecule has 0 aliphatic rings. The van der Waals surface area contributed by atoms with Gasteiger partial charge in [0.15, 0.2) is 0 Å². The van der Waals surface area contributed by atoms with Crippen molar-refractivity contribution in [3.8, 4) is 0 Å². The minimum atomic E-state index is -0.591. The summed E-state index contributed by atoms with van der Waals surface area (Å²) in [6, 6.07) is 1.56. The minimum absolute atomic E-state index is 0.0266. The zero-order valence-electron chi connectivity index (χ0n) is 11.4. The second-order valence-electron chi connectivity index (χ2n) is 5.24. The first-order valence-electron chi connectivity index (χ1n) is 5.90. The number of aromatic amines is 1. The van der Waals surface area contributed by atoms with Gasteiger partial charge in [-0.15, -0.1) is 16.4 Å². The first-order valence-corrected chi connectivity index (χ1v) is 6.78. The lowest BCUT2D eigenvalue weighted by Gasteiger charge is -2.12. The Kier molecular flexibility index (Phi) is 3.58. The number of carbonyl (C=O) groups is 2. The van der Waals surface area contributed by atoms with Gasteiger partial charge < -0.3 is 11.1 Å². The molecule has 0 saturated heterocycles. The smallest absolute Gasteiger partial charge is 0.295 e. The molecule has 2 aromatic heterocycles. The van der Waals surface area contributed by atoms with Crippen LogP contribution in [0.1, 0.15) is 47.6 Å². The number of aromatic nitrogens is 3. The van der Waals surface area contributed by atoms with E-state index in [1.54, 1.807) is 11.4 Å². The Morgan fingerprint density at radius 1 is 1.40 bits per heavy atom. The summed E-state index contributed by atoms with van der Waals surface area (Å²) < 4.78 is 0. The second kappa shape index (κ2) is 5.04.